The molecule has 3 nitrogen and oxygen atoms in total. The van der Waals surface area contributed by atoms with E-state index >= 15 is 0 Å². The summed E-state index contributed by atoms with van der Waals surface area (Å²) in [5, 5.41) is 2.91. The van der Waals surface area contributed by atoms with Crippen LogP contribution in [0.4, 0.5) is 0 Å². The van der Waals surface area contributed by atoms with E-state index in [0.29, 0.717) is 6.54 Å². The first-order valence-corrected chi connectivity index (χ1v) is 5.30. The van der Waals surface area contributed by atoms with Gasteiger partial charge in [-0.2, -0.15) is 0 Å². The van der Waals surface area contributed by atoms with Crippen LogP contribution in [-0.4, -0.2) is 18.5 Å². The lowest BCUT2D eigenvalue weighted by molar-refractivity contribution is -0.123. The number of carbonyl (C=O) groups excluding carboxylic acids is 1. The maximum atomic E-state index is 11.8. The third-order valence-electron chi connectivity index (χ3n) is 2.91. The molecule has 2 atom stereocenters. The first-order valence-electron chi connectivity index (χ1n) is 5.30. The molecule has 0 bridgehead atoms. The molecule has 1 aromatic rings. The lowest BCUT2D eigenvalue weighted by atomic mass is 9.77. The minimum absolute atomic E-state index is 0.0372. The SMILES string of the molecule is C[C@H](CN)NC(=O)C1Cc2ccccc21. The molecular weight excluding hydrogens is 188 g/mol. The third-order valence-corrected chi connectivity index (χ3v) is 2.91. The molecule has 1 aliphatic rings. The normalized spacial score (nSPS) is 20.0. The van der Waals surface area contributed by atoms with Crippen molar-refractivity contribution in [3.8, 4) is 0 Å². The largest absolute Gasteiger partial charge is 0.352 e. The summed E-state index contributed by atoms with van der Waals surface area (Å²) in [5.74, 6) is 0.141. The summed E-state index contributed by atoms with van der Waals surface area (Å²) < 4.78 is 0. The number of rotatable bonds is 3. The zero-order valence-electron chi connectivity index (χ0n) is 8.86. The molecule has 1 aromatic carbocycles. The summed E-state index contributed by atoms with van der Waals surface area (Å²) in [6.45, 7) is 2.41. The molecule has 0 saturated carbocycles. The van der Waals surface area contributed by atoms with Crippen molar-refractivity contribution in [1.82, 2.24) is 5.32 Å². The number of hydrogen-bond acceptors (Lipinski definition) is 2. The highest BCUT2D eigenvalue weighted by molar-refractivity contribution is 5.87. The Kier molecular flexibility index (Phi) is 2.73. The molecule has 1 amide bonds. The molecule has 0 aliphatic heterocycles. The fourth-order valence-electron chi connectivity index (χ4n) is 1.90. The number of fused-ring (bicyclic) bond motifs is 1. The smallest absolute Gasteiger partial charge is 0.228 e. The molecule has 15 heavy (non-hydrogen) atoms. The maximum Gasteiger partial charge on any atom is 0.228 e. The highest BCUT2D eigenvalue weighted by Crippen LogP contribution is 2.34. The first-order chi connectivity index (χ1) is 7.22. The van der Waals surface area contributed by atoms with Crippen molar-refractivity contribution in [2.45, 2.75) is 25.3 Å². The Hall–Kier alpha value is -1.35. The van der Waals surface area contributed by atoms with Gasteiger partial charge in [0.1, 0.15) is 0 Å². The molecule has 0 saturated heterocycles. The molecule has 0 fully saturated rings. The Balaban J connectivity index is 2.01. The Morgan fingerprint density at radius 3 is 3.00 bits per heavy atom. The lowest BCUT2D eigenvalue weighted by Gasteiger charge is -2.29. The van der Waals surface area contributed by atoms with Gasteiger partial charge in [-0.15, -0.1) is 0 Å². The van der Waals surface area contributed by atoms with Crippen molar-refractivity contribution in [2.75, 3.05) is 6.54 Å². The van der Waals surface area contributed by atoms with E-state index in [4.69, 9.17) is 5.73 Å². The summed E-state index contributed by atoms with van der Waals surface area (Å²) >= 11 is 0. The van der Waals surface area contributed by atoms with Gasteiger partial charge in [0, 0.05) is 12.6 Å². The molecule has 80 valence electrons. The number of hydrogen-bond donors (Lipinski definition) is 2. The first kappa shape index (κ1) is 10.2. The van der Waals surface area contributed by atoms with Gasteiger partial charge in [0.05, 0.1) is 5.92 Å². The van der Waals surface area contributed by atoms with Crippen molar-refractivity contribution in [1.29, 1.82) is 0 Å². The Morgan fingerprint density at radius 2 is 2.33 bits per heavy atom. The molecular formula is C12H16N2O. The monoisotopic (exact) mass is 204 g/mol. The van der Waals surface area contributed by atoms with Crippen LogP contribution in [0, 0.1) is 0 Å². The predicted octanol–water partition coefficient (Wildman–Crippen LogP) is 0.790. The van der Waals surface area contributed by atoms with Gasteiger partial charge in [0.15, 0.2) is 0 Å². The number of nitrogens with one attached hydrogen (secondary N) is 1. The quantitative estimate of drug-likeness (QED) is 0.764. The molecule has 3 heteroatoms. The summed E-state index contributed by atoms with van der Waals surface area (Å²) in [6.07, 6.45) is 0.860. The van der Waals surface area contributed by atoms with Crippen LogP contribution < -0.4 is 11.1 Å². The second-order valence-electron chi connectivity index (χ2n) is 4.10. The molecule has 2 rings (SSSR count). The summed E-state index contributed by atoms with van der Waals surface area (Å²) in [4.78, 5) is 11.8. The number of amides is 1. The van der Waals surface area contributed by atoms with Crippen LogP contribution in [0.5, 0.6) is 0 Å². The summed E-state index contributed by atoms with van der Waals surface area (Å²) in [7, 11) is 0. The number of benzene rings is 1. The average molecular weight is 204 g/mol. The Labute approximate surface area is 89.7 Å². The lowest BCUT2D eigenvalue weighted by Crippen LogP contribution is -2.43. The van der Waals surface area contributed by atoms with E-state index in [9.17, 15) is 4.79 Å². The summed E-state index contributed by atoms with van der Waals surface area (Å²) in [5.41, 5.74) is 7.92. The predicted molar refractivity (Wildman–Crippen MR) is 59.5 cm³/mol. The molecule has 0 heterocycles. The van der Waals surface area contributed by atoms with Crippen LogP contribution >= 0.6 is 0 Å². The highest BCUT2D eigenvalue weighted by atomic mass is 16.2. The topological polar surface area (TPSA) is 55.1 Å². The molecule has 1 aliphatic carbocycles. The third kappa shape index (κ3) is 1.88. The second-order valence-corrected chi connectivity index (χ2v) is 4.10. The van der Waals surface area contributed by atoms with Crippen LogP contribution in [0.1, 0.15) is 24.0 Å². The van der Waals surface area contributed by atoms with Crippen LogP contribution in [0.15, 0.2) is 24.3 Å². The van der Waals surface area contributed by atoms with E-state index in [1.54, 1.807) is 0 Å². The van der Waals surface area contributed by atoms with Gasteiger partial charge in [-0.1, -0.05) is 24.3 Å². The fraction of sp³-hybridized carbons (Fsp3) is 0.417. The van der Waals surface area contributed by atoms with Crippen molar-refractivity contribution in [2.24, 2.45) is 5.73 Å². The maximum absolute atomic E-state index is 11.8. The van der Waals surface area contributed by atoms with E-state index in [1.165, 1.54) is 11.1 Å². The van der Waals surface area contributed by atoms with Crippen LogP contribution in [0.3, 0.4) is 0 Å². The van der Waals surface area contributed by atoms with Gasteiger partial charge in [0.25, 0.3) is 0 Å². The number of nitrogens with two attached hydrogens (primary N) is 1. The molecule has 3 N–H and O–H groups in total. The van der Waals surface area contributed by atoms with Gasteiger partial charge < -0.3 is 11.1 Å². The number of carbonyl (C=O) groups is 1. The van der Waals surface area contributed by atoms with E-state index < -0.39 is 0 Å². The van der Waals surface area contributed by atoms with E-state index in [0.717, 1.165) is 6.42 Å². The Bertz CT molecular complexity index is 376. The highest BCUT2D eigenvalue weighted by Gasteiger charge is 2.31. The fourth-order valence-corrected chi connectivity index (χ4v) is 1.90. The van der Waals surface area contributed by atoms with Gasteiger partial charge in [-0.25, -0.2) is 0 Å². The molecule has 0 aromatic heterocycles. The van der Waals surface area contributed by atoms with E-state index in [2.05, 4.69) is 11.4 Å². The summed E-state index contributed by atoms with van der Waals surface area (Å²) in [6, 6.07) is 8.15. The van der Waals surface area contributed by atoms with Crippen molar-refractivity contribution in [3.05, 3.63) is 35.4 Å². The minimum Gasteiger partial charge on any atom is -0.352 e. The average Bonchev–Trinajstić information content (AvgIpc) is 2.19. The molecule has 0 radical (unpaired) electrons. The van der Waals surface area contributed by atoms with Gasteiger partial charge in [0.2, 0.25) is 5.91 Å². The zero-order valence-corrected chi connectivity index (χ0v) is 8.86. The van der Waals surface area contributed by atoms with Crippen LogP contribution in [-0.2, 0) is 11.2 Å². The van der Waals surface area contributed by atoms with E-state index in [-0.39, 0.29) is 17.9 Å². The van der Waals surface area contributed by atoms with Crippen molar-refractivity contribution < 1.29 is 4.79 Å². The van der Waals surface area contributed by atoms with Crippen LogP contribution in [0.2, 0.25) is 0 Å². The van der Waals surface area contributed by atoms with Gasteiger partial charge in [-0.3, -0.25) is 4.79 Å². The standard InChI is InChI=1S/C12H16N2O/c1-8(7-13)14-12(15)11-6-9-4-2-3-5-10(9)11/h2-5,8,11H,6-7,13H2,1H3,(H,14,15)/t8-,11?/m1/s1. The van der Waals surface area contributed by atoms with Gasteiger partial charge in [-0.05, 0) is 24.5 Å². The minimum atomic E-state index is 0.0372. The molecule has 1 unspecified atom stereocenters. The van der Waals surface area contributed by atoms with E-state index in [1.807, 2.05) is 25.1 Å². The Morgan fingerprint density at radius 1 is 1.60 bits per heavy atom. The molecule has 0 spiro atoms. The zero-order chi connectivity index (χ0) is 10.8. The van der Waals surface area contributed by atoms with Crippen molar-refractivity contribution in [3.63, 3.8) is 0 Å². The second kappa shape index (κ2) is 4.03. The van der Waals surface area contributed by atoms with Crippen molar-refractivity contribution >= 4 is 5.91 Å². The van der Waals surface area contributed by atoms with Gasteiger partial charge >= 0.3 is 0 Å². The van der Waals surface area contributed by atoms with Crippen LogP contribution in [0.25, 0.3) is 0 Å².